The minimum Gasteiger partial charge on any atom is -0.413 e. The molecule has 0 fully saturated rings. The Bertz CT molecular complexity index is 253. The summed E-state index contributed by atoms with van der Waals surface area (Å²) in [6, 6.07) is 0. The maximum Gasteiger partial charge on any atom is 0.192 e. The third kappa shape index (κ3) is 3.33. The van der Waals surface area contributed by atoms with E-state index in [0.29, 0.717) is 17.0 Å². The fourth-order valence-electron chi connectivity index (χ4n) is 1.55. The summed E-state index contributed by atoms with van der Waals surface area (Å²) >= 11 is 5.82. The van der Waals surface area contributed by atoms with Crippen molar-refractivity contribution in [2.24, 2.45) is 0 Å². The topological polar surface area (TPSA) is 9.23 Å². The van der Waals surface area contributed by atoms with Crippen LogP contribution < -0.4 is 0 Å². The van der Waals surface area contributed by atoms with E-state index in [2.05, 4.69) is 39.9 Å². The molecule has 0 aliphatic heterocycles. The predicted molar refractivity (Wildman–Crippen MR) is 70.1 cm³/mol. The maximum absolute atomic E-state index is 6.32. The number of hydrogen-bond acceptors (Lipinski definition) is 1. The lowest BCUT2D eigenvalue weighted by atomic mass is 10.2. The van der Waals surface area contributed by atoms with Gasteiger partial charge in [0.1, 0.15) is 0 Å². The monoisotopic (exact) mass is 246 g/mol. The Balaban J connectivity index is 2.51. The Morgan fingerprint density at radius 3 is 2.47 bits per heavy atom. The highest BCUT2D eigenvalue weighted by Gasteiger charge is 2.39. The molecule has 0 saturated heterocycles. The normalized spacial score (nSPS) is 23.1. The second kappa shape index (κ2) is 4.60. The lowest BCUT2D eigenvalue weighted by molar-refractivity contribution is 0.192. The van der Waals surface area contributed by atoms with Crippen LogP contribution in [-0.4, -0.2) is 20.3 Å². The summed E-state index contributed by atoms with van der Waals surface area (Å²) in [4.78, 5) is 0. The molecule has 3 heteroatoms. The van der Waals surface area contributed by atoms with Crippen LogP contribution in [0, 0.1) is 0 Å². The van der Waals surface area contributed by atoms with E-state index in [9.17, 15) is 0 Å². The zero-order chi connectivity index (χ0) is 11.7. The van der Waals surface area contributed by atoms with Crippen LogP contribution in [0.15, 0.2) is 11.6 Å². The smallest absolute Gasteiger partial charge is 0.192 e. The molecule has 88 valence electrons. The van der Waals surface area contributed by atoms with Crippen molar-refractivity contribution in [3.05, 3.63) is 11.6 Å². The maximum atomic E-state index is 6.32. The van der Waals surface area contributed by atoms with Crippen LogP contribution in [0.2, 0.25) is 18.1 Å². The molecule has 0 saturated carbocycles. The summed E-state index contributed by atoms with van der Waals surface area (Å²) in [6.45, 7) is 11.5. The van der Waals surface area contributed by atoms with Crippen molar-refractivity contribution in [1.29, 1.82) is 0 Å². The largest absolute Gasteiger partial charge is 0.413 e. The third-order valence-corrected chi connectivity index (χ3v) is 8.48. The molecular weight excluding hydrogens is 224 g/mol. The van der Waals surface area contributed by atoms with E-state index in [4.69, 9.17) is 16.0 Å². The van der Waals surface area contributed by atoms with Gasteiger partial charge in [0.25, 0.3) is 0 Å². The van der Waals surface area contributed by atoms with Crippen LogP contribution in [0.25, 0.3) is 0 Å². The predicted octanol–water partition coefficient (Wildman–Crippen LogP) is 4.34. The first kappa shape index (κ1) is 13.3. The Hall–Kier alpha value is 0.207. The molecule has 1 aliphatic rings. The minimum absolute atomic E-state index is 0.302. The van der Waals surface area contributed by atoms with Gasteiger partial charge in [-0.2, -0.15) is 0 Å². The molecule has 0 unspecified atom stereocenters. The molecule has 0 radical (unpaired) electrons. The highest BCUT2D eigenvalue weighted by atomic mass is 35.5. The molecule has 0 amide bonds. The first-order valence-electron chi connectivity index (χ1n) is 5.68. The van der Waals surface area contributed by atoms with E-state index >= 15 is 0 Å². The van der Waals surface area contributed by atoms with Crippen molar-refractivity contribution in [3.63, 3.8) is 0 Å². The van der Waals surface area contributed by atoms with Crippen LogP contribution in [-0.2, 0) is 4.43 Å². The van der Waals surface area contributed by atoms with Gasteiger partial charge in [0, 0.05) is 5.88 Å². The molecule has 1 atom stereocenters. The molecule has 1 rings (SSSR count). The average molecular weight is 247 g/mol. The van der Waals surface area contributed by atoms with Gasteiger partial charge in [0.15, 0.2) is 8.32 Å². The first-order chi connectivity index (χ1) is 6.76. The second-order valence-corrected chi connectivity index (χ2v) is 11.0. The Morgan fingerprint density at radius 2 is 2.07 bits per heavy atom. The number of halogens is 1. The van der Waals surface area contributed by atoms with E-state index in [1.807, 2.05) is 0 Å². The van der Waals surface area contributed by atoms with E-state index < -0.39 is 8.32 Å². The highest BCUT2D eigenvalue weighted by molar-refractivity contribution is 6.74. The Kier molecular flexibility index (Phi) is 4.07. The number of hydrogen-bond donors (Lipinski definition) is 0. The quantitative estimate of drug-likeness (QED) is 0.409. The molecule has 0 N–H and O–H groups in total. The highest BCUT2D eigenvalue weighted by Crippen LogP contribution is 2.39. The van der Waals surface area contributed by atoms with Crippen molar-refractivity contribution in [2.45, 2.75) is 57.8 Å². The van der Waals surface area contributed by atoms with Crippen LogP contribution in [0.3, 0.4) is 0 Å². The molecule has 0 aromatic heterocycles. The van der Waals surface area contributed by atoms with Crippen molar-refractivity contribution < 1.29 is 4.43 Å². The summed E-state index contributed by atoms with van der Waals surface area (Å²) in [5.41, 5.74) is 1.35. The average Bonchev–Trinajstić information content (AvgIpc) is 2.49. The standard InChI is InChI=1S/C12H23ClOSi/c1-12(2,3)15(4,5)14-11-7-6-10(8-11)9-13/h6,11H,7-9H2,1-5H3/t11-/m1/s1. The molecule has 0 bridgehead atoms. The SMILES string of the molecule is CC(C)(C)[Si](C)(C)O[C@@H]1CC=C(CCl)C1. The van der Waals surface area contributed by atoms with Crippen molar-refractivity contribution in [1.82, 2.24) is 0 Å². The molecule has 1 aliphatic carbocycles. The van der Waals surface area contributed by atoms with Gasteiger partial charge in [0.2, 0.25) is 0 Å². The van der Waals surface area contributed by atoms with E-state index in [1.165, 1.54) is 5.57 Å². The molecular formula is C12H23ClOSi. The van der Waals surface area contributed by atoms with Gasteiger partial charge in [0.05, 0.1) is 6.10 Å². The summed E-state index contributed by atoms with van der Waals surface area (Å²) < 4.78 is 6.32. The minimum atomic E-state index is -1.59. The van der Waals surface area contributed by atoms with Gasteiger partial charge in [-0.05, 0) is 31.0 Å². The lowest BCUT2D eigenvalue weighted by Crippen LogP contribution is -2.43. The van der Waals surface area contributed by atoms with Gasteiger partial charge in [-0.1, -0.05) is 32.4 Å². The van der Waals surface area contributed by atoms with Crippen molar-refractivity contribution in [3.8, 4) is 0 Å². The van der Waals surface area contributed by atoms with E-state index in [1.54, 1.807) is 0 Å². The second-order valence-electron chi connectivity index (χ2n) is 5.94. The number of alkyl halides is 1. The fourth-order valence-corrected chi connectivity index (χ4v) is 3.13. The van der Waals surface area contributed by atoms with Gasteiger partial charge in [-0.25, -0.2) is 0 Å². The Morgan fingerprint density at radius 1 is 1.47 bits per heavy atom. The molecule has 0 spiro atoms. The third-order valence-electron chi connectivity index (χ3n) is 3.60. The zero-order valence-electron chi connectivity index (χ0n) is 10.6. The first-order valence-corrected chi connectivity index (χ1v) is 9.12. The zero-order valence-corrected chi connectivity index (χ0v) is 12.3. The fraction of sp³-hybridized carbons (Fsp3) is 0.833. The van der Waals surface area contributed by atoms with Crippen LogP contribution in [0.5, 0.6) is 0 Å². The van der Waals surface area contributed by atoms with Gasteiger partial charge < -0.3 is 4.43 Å². The van der Waals surface area contributed by atoms with Crippen molar-refractivity contribution >= 4 is 19.9 Å². The van der Waals surface area contributed by atoms with Crippen molar-refractivity contribution in [2.75, 3.05) is 5.88 Å². The van der Waals surface area contributed by atoms with Gasteiger partial charge in [-0.3, -0.25) is 0 Å². The molecule has 15 heavy (non-hydrogen) atoms. The van der Waals surface area contributed by atoms with Gasteiger partial charge >= 0.3 is 0 Å². The summed E-state index contributed by atoms with van der Waals surface area (Å²) in [5, 5.41) is 0.302. The van der Waals surface area contributed by atoms with Gasteiger partial charge in [-0.15, -0.1) is 11.6 Å². The Labute approximate surface area is 100.0 Å². The molecule has 0 aromatic rings. The van der Waals surface area contributed by atoms with Crippen LogP contribution in [0.1, 0.15) is 33.6 Å². The molecule has 0 heterocycles. The molecule has 1 nitrogen and oxygen atoms in total. The summed E-state index contributed by atoms with van der Waals surface area (Å²) in [7, 11) is -1.59. The van der Waals surface area contributed by atoms with E-state index in [0.717, 1.165) is 12.8 Å². The summed E-state index contributed by atoms with van der Waals surface area (Å²) in [6.07, 6.45) is 4.72. The lowest BCUT2D eigenvalue weighted by Gasteiger charge is -2.38. The van der Waals surface area contributed by atoms with Crippen LogP contribution in [0.4, 0.5) is 0 Å². The molecule has 0 aromatic carbocycles. The van der Waals surface area contributed by atoms with Crippen LogP contribution >= 0.6 is 11.6 Å². The summed E-state index contributed by atoms with van der Waals surface area (Å²) in [5.74, 6) is 0.664. The van der Waals surface area contributed by atoms with E-state index in [-0.39, 0.29) is 0 Å². The number of rotatable bonds is 3.